The van der Waals surface area contributed by atoms with Gasteiger partial charge in [-0.3, -0.25) is 4.79 Å². The van der Waals surface area contributed by atoms with Gasteiger partial charge in [-0.25, -0.2) is 4.39 Å². The second-order valence-electron chi connectivity index (χ2n) is 4.13. The van der Waals surface area contributed by atoms with E-state index in [0.29, 0.717) is 12.1 Å². The Bertz CT molecular complexity index is 537. The molecule has 0 N–H and O–H groups in total. The summed E-state index contributed by atoms with van der Waals surface area (Å²) in [7, 11) is 0. The quantitative estimate of drug-likeness (QED) is 0.432. The van der Waals surface area contributed by atoms with Gasteiger partial charge in [0.2, 0.25) is 5.91 Å². The summed E-state index contributed by atoms with van der Waals surface area (Å²) < 4.78 is 14.5. The molecule has 0 bridgehead atoms. The molecule has 0 spiro atoms. The fourth-order valence-electron chi connectivity index (χ4n) is 1.61. The zero-order valence-electron chi connectivity index (χ0n) is 11.4. The van der Waals surface area contributed by atoms with E-state index in [1.165, 1.54) is 17.0 Å². The normalized spacial score (nSPS) is 11.2. The Labute approximate surface area is 127 Å². The third-order valence-electron chi connectivity index (χ3n) is 2.57. The first-order valence-electron chi connectivity index (χ1n) is 6.21. The third kappa shape index (κ3) is 5.13. The Morgan fingerprint density at radius 1 is 1.45 bits per heavy atom. The van der Waals surface area contributed by atoms with Gasteiger partial charge < -0.3 is 4.90 Å². The van der Waals surface area contributed by atoms with Gasteiger partial charge in [-0.2, -0.15) is 0 Å². The van der Waals surface area contributed by atoms with Crippen molar-refractivity contribution in [2.45, 2.75) is 13.5 Å². The molecule has 0 radical (unpaired) electrons. The summed E-state index contributed by atoms with van der Waals surface area (Å²) >= 11 is 3.30. The largest absolute Gasteiger partial charge is 0.331 e. The molecule has 0 unspecified atom stereocenters. The van der Waals surface area contributed by atoms with Crippen molar-refractivity contribution >= 4 is 21.8 Å². The highest BCUT2D eigenvalue weighted by Gasteiger charge is 2.12. The Morgan fingerprint density at radius 2 is 2.20 bits per heavy atom. The van der Waals surface area contributed by atoms with Crippen LogP contribution in [-0.2, 0) is 11.3 Å². The van der Waals surface area contributed by atoms with Crippen molar-refractivity contribution in [1.29, 1.82) is 0 Å². The lowest BCUT2D eigenvalue weighted by atomic mass is 10.2. The lowest BCUT2D eigenvalue weighted by Crippen LogP contribution is -2.29. The van der Waals surface area contributed by atoms with Crippen LogP contribution in [0.3, 0.4) is 0 Å². The molecule has 20 heavy (non-hydrogen) atoms. The van der Waals surface area contributed by atoms with Gasteiger partial charge in [-0.05, 0) is 25.1 Å². The van der Waals surface area contributed by atoms with Crippen LogP contribution < -0.4 is 0 Å². The molecule has 2 nitrogen and oxygen atoms in total. The molecule has 0 aliphatic heterocycles. The van der Waals surface area contributed by atoms with E-state index in [0.717, 1.165) is 4.47 Å². The number of hydrogen-bond donors (Lipinski definition) is 0. The molecule has 0 fully saturated rings. The van der Waals surface area contributed by atoms with Gasteiger partial charge >= 0.3 is 0 Å². The van der Waals surface area contributed by atoms with Crippen molar-refractivity contribution in [2.24, 2.45) is 0 Å². The van der Waals surface area contributed by atoms with Crippen LogP contribution in [0.25, 0.3) is 0 Å². The number of benzene rings is 1. The molecular formula is C16H17BrFNO. The highest BCUT2D eigenvalue weighted by molar-refractivity contribution is 9.10. The lowest BCUT2D eigenvalue weighted by Gasteiger charge is -2.20. The summed E-state index contributed by atoms with van der Waals surface area (Å²) in [4.78, 5) is 13.6. The number of nitrogens with zero attached hydrogens (tertiary/aromatic N) is 1. The van der Waals surface area contributed by atoms with Crippen LogP contribution >= 0.6 is 15.9 Å². The number of amides is 1. The molecule has 1 aromatic carbocycles. The Balaban J connectivity index is 2.88. The van der Waals surface area contributed by atoms with Gasteiger partial charge in [0.15, 0.2) is 0 Å². The summed E-state index contributed by atoms with van der Waals surface area (Å²) in [6.07, 6.45) is 8.34. The molecule has 1 rings (SSSR count). The van der Waals surface area contributed by atoms with E-state index in [9.17, 15) is 9.18 Å². The van der Waals surface area contributed by atoms with Crippen LogP contribution in [0.4, 0.5) is 4.39 Å². The number of rotatable bonds is 6. The summed E-state index contributed by atoms with van der Waals surface area (Å²) in [5, 5.41) is 0. The topological polar surface area (TPSA) is 20.3 Å². The predicted molar refractivity (Wildman–Crippen MR) is 83.7 cm³/mol. The molecule has 0 aromatic heterocycles. The SMILES string of the molecule is C=CCN(Cc1cc(Br)ccc1F)C(=O)/C=C/C=C/C. The first kappa shape index (κ1) is 16.4. The molecule has 0 saturated carbocycles. The average Bonchev–Trinajstić information content (AvgIpc) is 2.42. The van der Waals surface area contributed by atoms with Gasteiger partial charge in [0.1, 0.15) is 5.82 Å². The van der Waals surface area contributed by atoms with E-state index in [2.05, 4.69) is 22.5 Å². The van der Waals surface area contributed by atoms with Crippen LogP contribution in [0, 0.1) is 5.82 Å². The minimum Gasteiger partial charge on any atom is -0.331 e. The van der Waals surface area contributed by atoms with Crippen molar-refractivity contribution in [3.63, 3.8) is 0 Å². The Hall–Kier alpha value is -1.68. The average molecular weight is 338 g/mol. The zero-order valence-corrected chi connectivity index (χ0v) is 12.9. The van der Waals surface area contributed by atoms with Crippen molar-refractivity contribution in [2.75, 3.05) is 6.54 Å². The van der Waals surface area contributed by atoms with Gasteiger partial charge in [0.25, 0.3) is 0 Å². The second kappa shape index (κ2) is 8.48. The van der Waals surface area contributed by atoms with E-state index in [-0.39, 0.29) is 18.3 Å². The lowest BCUT2D eigenvalue weighted by molar-refractivity contribution is -0.126. The van der Waals surface area contributed by atoms with Crippen LogP contribution in [0.5, 0.6) is 0 Å². The van der Waals surface area contributed by atoms with E-state index < -0.39 is 0 Å². The van der Waals surface area contributed by atoms with Gasteiger partial charge in [0, 0.05) is 29.2 Å². The first-order valence-corrected chi connectivity index (χ1v) is 7.01. The maximum Gasteiger partial charge on any atom is 0.247 e. The molecule has 106 valence electrons. The fraction of sp³-hybridized carbons (Fsp3) is 0.188. The van der Waals surface area contributed by atoms with Crippen LogP contribution in [0.15, 0.2) is 59.6 Å². The minimum atomic E-state index is -0.326. The number of halogens is 2. The first-order chi connectivity index (χ1) is 9.58. The maximum absolute atomic E-state index is 13.7. The molecule has 0 heterocycles. The molecule has 0 saturated heterocycles. The smallest absolute Gasteiger partial charge is 0.247 e. The highest BCUT2D eigenvalue weighted by atomic mass is 79.9. The monoisotopic (exact) mass is 337 g/mol. The number of hydrogen-bond acceptors (Lipinski definition) is 1. The van der Waals surface area contributed by atoms with E-state index in [1.54, 1.807) is 30.4 Å². The summed E-state index contributed by atoms with van der Waals surface area (Å²) in [6, 6.07) is 4.68. The minimum absolute atomic E-state index is 0.178. The third-order valence-corrected chi connectivity index (χ3v) is 3.07. The number of carbonyl (C=O) groups excluding carboxylic acids is 1. The van der Waals surface area contributed by atoms with E-state index in [4.69, 9.17) is 0 Å². The maximum atomic E-state index is 13.7. The second-order valence-corrected chi connectivity index (χ2v) is 5.04. The van der Waals surface area contributed by atoms with Crippen molar-refractivity contribution < 1.29 is 9.18 Å². The highest BCUT2D eigenvalue weighted by Crippen LogP contribution is 2.17. The predicted octanol–water partition coefficient (Wildman–Crippen LogP) is 4.24. The van der Waals surface area contributed by atoms with Gasteiger partial charge in [-0.15, -0.1) is 6.58 Å². The van der Waals surface area contributed by atoms with E-state index >= 15 is 0 Å². The molecule has 1 aromatic rings. The van der Waals surface area contributed by atoms with Crippen molar-refractivity contribution in [3.05, 3.63) is 71.0 Å². The molecular weight excluding hydrogens is 321 g/mol. The molecule has 1 amide bonds. The molecule has 0 aliphatic rings. The van der Waals surface area contributed by atoms with E-state index in [1.807, 2.05) is 13.0 Å². The number of carbonyl (C=O) groups is 1. The number of allylic oxidation sites excluding steroid dienone is 3. The fourth-order valence-corrected chi connectivity index (χ4v) is 2.02. The van der Waals surface area contributed by atoms with Crippen molar-refractivity contribution in [3.8, 4) is 0 Å². The molecule has 0 atom stereocenters. The van der Waals surface area contributed by atoms with Crippen LogP contribution in [0.1, 0.15) is 12.5 Å². The summed E-state index contributed by atoms with van der Waals surface area (Å²) in [6.45, 7) is 6.06. The van der Waals surface area contributed by atoms with Crippen LogP contribution in [0.2, 0.25) is 0 Å². The van der Waals surface area contributed by atoms with Gasteiger partial charge in [0.05, 0.1) is 0 Å². The standard InChI is InChI=1S/C16H17BrFNO/c1-3-5-6-7-16(20)19(10-4-2)12-13-11-14(17)8-9-15(13)18/h3-9,11H,2,10,12H2,1H3/b5-3+,7-6+. The Morgan fingerprint density at radius 3 is 2.85 bits per heavy atom. The summed E-state index contributed by atoms with van der Waals surface area (Å²) in [5.41, 5.74) is 0.467. The van der Waals surface area contributed by atoms with Crippen molar-refractivity contribution in [1.82, 2.24) is 4.90 Å². The zero-order chi connectivity index (χ0) is 15.0. The Kier molecular flexibility index (Phi) is 6.94. The molecule has 0 aliphatic carbocycles. The van der Waals surface area contributed by atoms with Gasteiger partial charge in [-0.1, -0.05) is 40.2 Å². The van der Waals surface area contributed by atoms with Crippen LogP contribution in [-0.4, -0.2) is 17.4 Å². The molecule has 4 heteroatoms. The summed E-state index contributed by atoms with van der Waals surface area (Å²) in [5.74, 6) is -0.505.